The van der Waals surface area contributed by atoms with Gasteiger partial charge in [-0.15, -0.1) is 11.8 Å². The first-order chi connectivity index (χ1) is 13.9. The topological polar surface area (TPSA) is 132 Å². The van der Waals surface area contributed by atoms with Crippen molar-refractivity contribution in [2.75, 3.05) is 12.3 Å². The summed E-state index contributed by atoms with van der Waals surface area (Å²) in [6.45, 7) is 0.212. The maximum absolute atomic E-state index is 12.7. The average Bonchev–Trinajstić information content (AvgIpc) is 2.65. The molecule has 0 fully saturated rings. The largest absolute Gasteiger partial charge is 0.416 e. The van der Waals surface area contributed by atoms with Crippen LogP contribution in [0.3, 0.4) is 0 Å². The molecule has 30 heavy (non-hydrogen) atoms. The van der Waals surface area contributed by atoms with Gasteiger partial charge in [-0.05, 0) is 36.2 Å². The molecule has 1 amide bonds. The number of sulfonamides is 1. The molecule has 13 heteroatoms. The summed E-state index contributed by atoms with van der Waals surface area (Å²) >= 11 is 0.752. The number of hydrogen-bond acceptors (Lipinski definition) is 6. The summed E-state index contributed by atoms with van der Waals surface area (Å²) in [5.74, 6) is -0.688. The average molecular weight is 463 g/mol. The van der Waals surface area contributed by atoms with Crippen molar-refractivity contribution in [1.29, 1.82) is 0 Å². The van der Waals surface area contributed by atoms with Crippen molar-refractivity contribution in [3.05, 3.63) is 63.7 Å². The molecule has 0 aliphatic rings. The Kier molecular flexibility index (Phi) is 7.44. The van der Waals surface area contributed by atoms with Crippen molar-refractivity contribution in [3.63, 3.8) is 0 Å². The van der Waals surface area contributed by atoms with Crippen LogP contribution in [-0.2, 0) is 27.4 Å². The van der Waals surface area contributed by atoms with Crippen molar-refractivity contribution in [2.45, 2.75) is 22.4 Å². The minimum absolute atomic E-state index is 0.0372. The second kappa shape index (κ2) is 9.45. The summed E-state index contributed by atoms with van der Waals surface area (Å²) in [6.07, 6.45) is -4.32. The van der Waals surface area contributed by atoms with Gasteiger partial charge >= 0.3 is 6.18 Å². The van der Waals surface area contributed by atoms with Gasteiger partial charge < -0.3 is 5.32 Å². The number of benzene rings is 2. The fourth-order valence-electron chi connectivity index (χ4n) is 2.34. The maximum Gasteiger partial charge on any atom is 0.416 e. The van der Waals surface area contributed by atoms with Crippen LogP contribution in [0.25, 0.3) is 0 Å². The molecule has 2 rings (SSSR count). The molecule has 0 bridgehead atoms. The van der Waals surface area contributed by atoms with E-state index < -0.39 is 38.3 Å². The molecule has 2 aromatic rings. The lowest BCUT2D eigenvalue weighted by atomic mass is 10.1. The van der Waals surface area contributed by atoms with Crippen LogP contribution in [0.1, 0.15) is 11.1 Å². The lowest BCUT2D eigenvalue weighted by Crippen LogP contribution is -2.27. The number of amides is 1. The van der Waals surface area contributed by atoms with Gasteiger partial charge in [0.15, 0.2) is 0 Å². The number of thioether (sulfide) groups is 1. The zero-order valence-corrected chi connectivity index (χ0v) is 16.8. The molecule has 162 valence electrons. The third-order valence-corrected chi connectivity index (χ3v) is 5.82. The van der Waals surface area contributed by atoms with Gasteiger partial charge in [0.25, 0.3) is 5.69 Å². The van der Waals surface area contributed by atoms with Crippen molar-refractivity contribution in [1.82, 2.24) is 5.32 Å². The van der Waals surface area contributed by atoms with Gasteiger partial charge in [-0.2, -0.15) is 13.2 Å². The number of rotatable bonds is 8. The lowest BCUT2D eigenvalue weighted by Gasteiger charge is -2.09. The van der Waals surface area contributed by atoms with Gasteiger partial charge in [0.05, 0.1) is 26.0 Å². The second-order valence-electron chi connectivity index (χ2n) is 6.01. The Hall–Kier alpha value is -2.64. The second-order valence-corrected chi connectivity index (χ2v) is 8.59. The third-order valence-electron chi connectivity index (χ3n) is 3.83. The standard InChI is InChI=1S/C17H16F3N3O5S2/c18-17(19,20)12-3-6-15(14(9-12)23(25)26)29-10-16(24)22-8-7-11-1-4-13(5-2-11)30(21,27)28/h1-6,9H,7-8,10H2,(H,22,24)(H2,21,27,28). The molecule has 0 atom stereocenters. The molecule has 2 aromatic carbocycles. The number of nitro benzene ring substituents is 1. The van der Waals surface area contributed by atoms with Crippen LogP contribution in [0.2, 0.25) is 0 Å². The molecule has 0 aliphatic carbocycles. The molecule has 0 saturated carbocycles. The Morgan fingerprint density at radius 2 is 1.80 bits per heavy atom. The number of alkyl halides is 3. The van der Waals surface area contributed by atoms with Crippen LogP contribution in [0, 0.1) is 10.1 Å². The minimum Gasteiger partial charge on any atom is -0.355 e. The highest BCUT2D eigenvalue weighted by molar-refractivity contribution is 8.00. The number of carbonyl (C=O) groups excluding carboxylic acids is 1. The number of primary sulfonamides is 1. The zero-order chi connectivity index (χ0) is 22.5. The van der Waals surface area contributed by atoms with E-state index in [0.29, 0.717) is 12.5 Å². The van der Waals surface area contributed by atoms with E-state index in [-0.39, 0.29) is 22.1 Å². The Labute approximate surface area is 173 Å². The number of halogens is 3. The van der Waals surface area contributed by atoms with Gasteiger partial charge in [0.1, 0.15) is 0 Å². The Morgan fingerprint density at radius 3 is 2.33 bits per heavy atom. The van der Waals surface area contributed by atoms with Crippen molar-refractivity contribution in [3.8, 4) is 0 Å². The molecule has 0 aliphatic heterocycles. The monoisotopic (exact) mass is 463 g/mol. The van der Waals surface area contributed by atoms with Gasteiger partial charge in [0, 0.05) is 12.6 Å². The van der Waals surface area contributed by atoms with Crippen LogP contribution in [-0.4, -0.2) is 31.5 Å². The first kappa shape index (κ1) is 23.6. The van der Waals surface area contributed by atoms with Crippen LogP contribution < -0.4 is 10.5 Å². The molecule has 0 spiro atoms. The van der Waals surface area contributed by atoms with E-state index in [2.05, 4.69) is 5.32 Å². The highest BCUT2D eigenvalue weighted by Gasteiger charge is 2.33. The lowest BCUT2D eigenvalue weighted by molar-refractivity contribution is -0.388. The Balaban J connectivity index is 1.89. The molecule has 0 aromatic heterocycles. The predicted octanol–water partition coefficient (Wildman–Crippen LogP) is 2.71. The number of carbonyl (C=O) groups is 1. The van der Waals surface area contributed by atoms with E-state index in [0.717, 1.165) is 29.5 Å². The third kappa shape index (κ3) is 6.71. The summed E-state index contributed by atoms with van der Waals surface area (Å²) in [7, 11) is -3.79. The van der Waals surface area contributed by atoms with Crippen LogP contribution in [0.15, 0.2) is 52.3 Å². The summed E-state index contributed by atoms with van der Waals surface area (Å²) in [5, 5.41) is 18.6. The van der Waals surface area contributed by atoms with E-state index in [1.54, 1.807) is 12.1 Å². The smallest absolute Gasteiger partial charge is 0.355 e. The number of nitrogens with two attached hydrogens (primary N) is 1. The summed E-state index contributed by atoms with van der Waals surface area (Å²) in [4.78, 5) is 21.9. The van der Waals surface area contributed by atoms with E-state index in [1.807, 2.05) is 0 Å². The fourth-order valence-corrected chi connectivity index (χ4v) is 3.69. The molecule has 0 radical (unpaired) electrons. The quantitative estimate of drug-likeness (QED) is 0.351. The normalized spacial score (nSPS) is 11.9. The Bertz CT molecular complexity index is 1040. The summed E-state index contributed by atoms with van der Waals surface area (Å²) in [5.41, 5.74) is -1.12. The molecular formula is C17H16F3N3O5S2. The van der Waals surface area contributed by atoms with Gasteiger partial charge in [0.2, 0.25) is 15.9 Å². The van der Waals surface area contributed by atoms with E-state index in [9.17, 15) is 36.5 Å². The zero-order valence-electron chi connectivity index (χ0n) is 15.2. The number of nitrogens with zero attached hydrogens (tertiary/aromatic N) is 1. The number of hydrogen-bond donors (Lipinski definition) is 2. The van der Waals surface area contributed by atoms with Crippen molar-refractivity contribution >= 4 is 33.4 Å². The minimum atomic E-state index is -4.71. The van der Waals surface area contributed by atoms with Gasteiger partial charge in [-0.25, -0.2) is 13.6 Å². The van der Waals surface area contributed by atoms with E-state index >= 15 is 0 Å². The van der Waals surface area contributed by atoms with E-state index in [4.69, 9.17) is 5.14 Å². The van der Waals surface area contributed by atoms with Gasteiger partial charge in [-0.3, -0.25) is 14.9 Å². The van der Waals surface area contributed by atoms with Gasteiger partial charge in [-0.1, -0.05) is 12.1 Å². The predicted molar refractivity (Wildman–Crippen MR) is 103 cm³/mol. The van der Waals surface area contributed by atoms with Crippen LogP contribution in [0.4, 0.5) is 18.9 Å². The molecule has 8 nitrogen and oxygen atoms in total. The molecule has 0 unspecified atom stereocenters. The molecule has 0 saturated heterocycles. The number of nitrogens with one attached hydrogen (secondary N) is 1. The molecule has 0 heterocycles. The number of nitro groups is 1. The summed E-state index contributed by atoms with van der Waals surface area (Å²) < 4.78 is 60.5. The fraction of sp³-hybridized carbons (Fsp3) is 0.235. The highest BCUT2D eigenvalue weighted by Crippen LogP contribution is 2.36. The van der Waals surface area contributed by atoms with Crippen LogP contribution >= 0.6 is 11.8 Å². The van der Waals surface area contributed by atoms with E-state index in [1.165, 1.54) is 12.1 Å². The molecular weight excluding hydrogens is 447 g/mol. The Morgan fingerprint density at radius 1 is 1.17 bits per heavy atom. The first-order valence-corrected chi connectivity index (χ1v) is 10.8. The van der Waals surface area contributed by atoms with Crippen molar-refractivity contribution in [2.24, 2.45) is 5.14 Å². The SMILES string of the molecule is NS(=O)(=O)c1ccc(CCNC(=O)CSc2ccc(C(F)(F)F)cc2[N+](=O)[O-])cc1. The highest BCUT2D eigenvalue weighted by atomic mass is 32.2. The first-order valence-electron chi connectivity index (χ1n) is 8.25. The summed E-state index contributed by atoms with van der Waals surface area (Å²) in [6, 6.07) is 7.90. The van der Waals surface area contributed by atoms with Crippen molar-refractivity contribution < 1.29 is 31.3 Å². The van der Waals surface area contributed by atoms with Crippen LogP contribution in [0.5, 0.6) is 0 Å². The maximum atomic E-state index is 12.7. The molecule has 3 N–H and O–H groups in total.